The minimum atomic E-state index is -0.554. The van der Waals surface area contributed by atoms with E-state index in [0.29, 0.717) is 56.5 Å². The van der Waals surface area contributed by atoms with Crippen molar-refractivity contribution in [3.8, 4) is 22.9 Å². The van der Waals surface area contributed by atoms with Crippen LogP contribution in [0.3, 0.4) is 0 Å². The number of primary amides is 1. The smallest absolute Gasteiger partial charge is 0.410 e. The average Bonchev–Trinajstić information content (AvgIpc) is 3.51. The second-order valence-corrected chi connectivity index (χ2v) is 12.3. The lowest BCUT2D eigenvalue weighted by Crippen LogP contribution is -2.55. The highest BCUT2D eigenvalue weighted by molar-refractivity contribution is 5.98. The lowest BCUT2D eigenvalue weighted by molar-refractivity contribution is 0.0337. The molecule has 6 rings (SSSR count). The largest absolute Gasteiger partial charge is 0.497 e. The number of hydrogen-bond donors (Lipinski definition) is 1. The highest BCUT2D eigenvalue weighted by Crippen LogP contribution is 2.42. The number of anilines is 1. The molecule has 11 nitrogen and oxygen atoms in total. The van der Waals surface area contributed by atoms with Gasteiger partial charge in [0.15, 0.2) is 5.69 Å². The predicted octanol–water partition coefficient (Wildman–Crippen LogP) is 6.17. The van der Waals surface area contributed by atoms with Gasteiger partial charge in [-0.05, 0) is 73.9 Å². The third-order valence-corrected chi connectivity index (χ3v) is 9.07. The summed E-state index contributed by atoms with van der Waals surface area (Å²) in [5, 5.41) is 5.13. The molecular formula is C37H44N6O5. The Morgan fingerprint density at radius 1 is 0.917 bits per heavy atom. The van der Waals surface area contributed by atoms with Crippen molar-refractivity contribution in [2.75, 3.05) is 44.8 Å². The number of amides is 2. The zero-order valence-electron chi connectivity index (χ0n) is 27.9. The van der Waals surface area contributed by atoms with Crippen molar-refractivity contribution < 1.29 is 23.8 Å². The van der Waals surface area contributed by atoms with Crippen LogP contribution in [0.1, 0.15) is 60.9 Å². The molecule has 4 aromatic rings. The number of carbonyl (C=O) groups excluding carboxylic acids is 2. The van der Waals surface area contributed by atoms with Gasteiger partial charge in [0.05, 0.1) is 31.1 Å². The fraction of sp³-hybridized carbons (Fsp3) is 0.378. The molecule has 2 N–H and O–H groups in total. The van der Waals surface area contributed by atoms with Crippen LogP contribution in [0.15, 0.2) is 78.9 Å². The van der Waals surface area contributed by atoms with Crippen molar-refractivity contribution in [2.45, 2.75) is 51.7 Å². The predicted molar refractivity (Wildman–Crippen MR) is 184 cm³/mol. The highest BCUT2D eigenvalue weighted by atomic mass is 16.6. The van der Waals surface area contributed by atoms with Crippen molar-refractivity contribution >= 4 is 17.7 Å². The number of hydrogen-bond acceptors (Lipinski definition) is 8. The van der Waals surface area contributed by atoms with E-state index in [1.807, 2.05) is 83.8 Å². The number of rotatable bonds is 11. The van der Waals surface area contributed by atoms with Crippen LogP contribution in [0.4, 0.5) is 10.5 Å². The van der Waals surface area contributed by atoms with Gasteiger partial charge in [0.25, 0.3) is 5.91 Å². The number of benzene rings is 3. The maximum atomic E-state index is 13.3. The summed E-state index contributed by atoms with van der Waals surface area (Å²) in [5.41, 5.74) is 9.82. The average molecular weight is 653 g/mol. The fourth-order valence-corrected chi connectivity index (χ4v) is 6.57. The van der Waals surface area contributed by atoms with Crippen molar-refractivity contribution in [3.05, 3.63) is 95.8 Å². The van der Waals surface area contributed by atoms with Crippen LogP contribution in [0, 0.1) is 0 Å². The molecule has 0 spiro atoms. The van der Waals surface area contributed by atoms with E-state index in [-0.39, 0.29) is 18.2 Å². The lowest BCUT2D eigenvalue weighted by Gasteiger charge is -2.44. The standard InChI is InChI=1S/C37H44N6O5/c1-4-5-23-47-37(45)42-22-21-40(24-26(42)2)32-19-20-41(25-27-11-15-29(46-3)16-12-27)34-33(32)39-43(35(34)36(38)44)28-13-17-31(18-14-28)48-30-9-7-6-8-10-30/h6-18,26,32H,4-5,19-25H2,1-3H3,(H2,38,44)/t26-,32?/m0/s1. The van der Waals surface area contributed by atoms with Gasteiger partial charge < -0.3 is 29.7 Å². The van der Waals surface area contributed by atoms with Crippen LogP contribution in [-0.4, -0.2) is 77.5 Å². The summed E-state index contributed by atoms with van der Waals surface area (Å²) >= 11 is 0. The van der Waals surface area contributed by atoms with E-state index in [4.69, 9.17) is 25.0 Å². The van der Waals surface area contributed by atoms with Gasteiger partial charge in [-0.3, -0.25) is 9.69 Å². The first-order valence-corrected chi connectivity index (χ1v) is 16.7. The third kappa shape index (κ3) is 7.11. The second-order valence-electron chi connectivity index (χ2n) is 12.3. The Hall–Kier alpha value is -5.03. The SMILES string of the molecule is CCCCOC(=O)N1CCN(C2CCN(Cc3ccc(OC)cc3)c3c2nn(-c2ccc(Oc4ccccc4)cc2)c3C(N)=O)C[C@@H]1C. The van der Waals surface area contributed by atoms with Crippen LogP contribution in [-0.2, 0) is 11.3 Å². The zero-order valence-corrected chi connectivity index (χ0v) is 27.9. The Labute approximate surface area is 281 Å². The number of carbonyl (C=O) groups is 2. The Balaban J connectivity index is 1.32. The molecule has 2 aliphatic rings. The van der Waals surface area contributed by atoms with E-state index in [2.05, 4.69) is 23.6 Å². The maximum Gasteiger partial charge on any atom is 0.410 e. The van der Waals surface area contributed by atoms with Gasteiger partial charge in [-0.25, -0.2) is 9.48 Å². The number of nitrogens with two attached hydrogens (primary N) is 1. The summed E-state index contributed by atoms with van der Waals surface area (Å²) in [5.74, 6) is 1.63. The normalized spacial score (nSPS) is 17.9. The van der Waals surface area contributed by atoms with Gasteiger partial charge in [0.2, 0.25) is 0 Å². The van der Waals surface area contributed by atoms with Crippen LogP contribution < -0.4 is 20.1 Å². The number of piperazine rings is 1. The first-order valence-electron chi connectivity index (χ1n) is 16.7. The molecule has 48 heavy (non-hydrogen) atoms. The van der Waals surface area contributed by atoms with Gasteiger partial charge in [0.1, 0.15) is 22.9 Å². The quantitative estimate of drug-likeness (QED) is 0.192. The first-order chi connectivity index (χ1) is 23.4. The van der Waals surface area contributed by atoms with Crippen LogP contribution in [0.2, 0.25) is 0 Å². The molecule has 2 aliphatic heterocycles. The summed E-state index contributed by atoms with van der Waals surface area (Å²) in [6.45, 7) is 7.73. The topological polar surface area (TPSA) is 115 Å². The number of fused-ring (bicyclic) bond motifs is 1. The molecule has 1 aromatic heterocycles. The van der Waals surface area contributed by atoms with Gasteiger partial charge in [-0.2, -0.15) is 5.10 Å². The Morgan fingerprint density at radius 2 is 1.62 bits per heavy atom. The summed E-state index contributed by atoms with van der Waals surface area (Å²) in [4.78, 5) is 32.5. The van der Waals surface area contributed by atoms with Crippen LogP contribution in [0.5, 0.6) is 17.2 Å². The van der Waals surface area contributed by atoms with Crippen LogP contribution in [0.25, 0.3) is 5.69 Å². The van der Waals surface area contributed by atoms with E-state index < -0.39 is 5.91 Å². The number of unbranched alkanes of at least 4 members (excludes halogenated alkanes) is 1. The molecule has 2 atom stereocenters. The number of nitrogens with zero attached hydrogens (tertiary/aromatic N) is 5. The van der Waals surface area contributed by atoms with Crippen molar-refractivity contribution in [1.82, 2.24) is 19.6 Å². The van der Waals surface area contributed by atoms with E-state index in [1.54, 1.807) is 11.8 Å². The summed E-state index contributed by atoms with van der Waals surface area (Å²) in [6.07, 6.45) is 2.37. The molecule has 252 valence electrons. The molecular weight excluding hydrogens is 608 g/mol. The molecule has 0 bridgehead atoms. The molecule has 11 heteroatoms. The Morgan fingerprint density at radius 3 is 2.29 bits per heavy atom. The maximum absolute atomic E-state index is 13.3. The van der Waals surface area contributed by atoms with E-state index >= 15 is 0 Å². The number of methoxy groups -OCH3 is 1. The van der Waals surface area contributed by atoms with E-state index in [1.165, 1.54) is 0 Å². The van der Waals surface area contributed by atoms with Gasteiger partial charge in [-0.15, -0.1) is 0 Å². The van der Waals surface area contributed by atoms with Crippen molar-refractivity contribution in [3.63, 3.8) is 0 Å². The summed E-state index contributed by atoms with van der Waals surface area (Å²) < 4.78 is 18.6. The summed E-state index contributed by atoms with van der Waals surface area (Å²) in [6, 6.07) is 24.9. The molecule has 1 unspecified atom stereocenters. The van der Waals surface area contributed by atoms with Gasteiger partial charge in [-0.1, -0.05) is 43.7 Å². The molecule has 3 aromatic carbocycles. The minimum absolute atomic E-state index is 0.0384. The Bertz CT molecular complexity index is 1690. The van der Waals surface area contributed by atoms with E-state index in [9.17, 15) is 9.59 Å². The van der Waals surface area contributed by atoms with E-state index in [0.717, 1.165) is 47.7 Å². The number of ether oxygens (including phenoxy) is 3. The van der Waals surface area contributed by atoms with Gasteiger partial charge >= 0.3 is 6.09 Å². The van der Waals surface area contributed by atoms with Crippen LogP contribution >= 0.6 is 0 Å². The Kier molecular flexibility index (Phi) is 10.1. The molecule has 0 saturated carbocycles. The number of para-hydroxylation sites is 1. The first kappa shape index (κ1) is 32.9. The monoisotopic (exact) mass is 652 g/mol. The molecule has 2 amide bonds. The van der Waals surface area contributed by atoms with Crippen molar-refractivity contribution in [2.24, 2.45) is 5.73 Å². The van der Waals surface area contributed by atoms with Gasteiger partial charge in [0, 0.05) is 38.8 Å². The lowest BCUT2D eigenvalue weighted by atomic mass is 9.97. The highest BCUT2D eigenvalue weighted by Gasteiger charge is 2.40. The summed E-state index contributed by atoms with van der Waals surface area (Å²) in [7, 11) is 1.65. The minimum Gasteiger partial charge on any atom is -0.497 e. The molecule has 0 aliphatic carbocycles. The molecule has 1 fully saturated rings. The van der Waals surface area contributed by atoms with Crippen molar-refractivity contribution in [1.29, 1.82) is 0 Å². The second kappa shape index (κ2) is 14.8. The molecule has 0 radical (unpaired) electrons. The molecule has 3 heterocycles. The number of aromatic nitrogens is 2. The molecule has 1 saturated heterocycles. The zero-order chi connectivity index (χ0) is 33.6. The third-order valence-electron chi connectivity index (χ3n) is 9.07. The fourth-order valence-electron chi connectivity index (χ4n) is 6.57.